The van der Waals surface area contributed by atoms with Gasteiger partial charge < -0.3 is 10.6 Å². The first-order valence-corrected chi connectivity index (χ1v) is 17.7. The quantitative estimate of drug-likeness (QED) is 0.136. The van der Waals surface area contributed by atoms with Crippen molar-refractivity contribution in [1.82, 2.24) is 19.6 Å². The zero-order valence-electron chi connectivity index (χ0n) is 28.3. The van der Waals surface area contributed by atoms with Crippen LogP contribution in [0.5, 0.6) is 0 Å². The molecule has 12 nitrogen and oxygen atoms in total. The van der Waals surface area contributed by atoms with E-state index in [2.05, 4.69) is 20.9 Å². The van der Waals surface area contributed by atoms with Gasteiger partial charge >= 0.3 is 12.2 Å². The van der Waals surface area contributed by atoms with E-state index in [4.69, 9.17) is 11.6 Å². The van der Waals surface area contributed by atoms with Crippen molar-refractivity contribution in [3.05, 3.63) is 129 Å². The lowest BCUT2D eigenvalue weighted by Gasteiger charge is -2.21. The molecule has 0 aliphatic carbocycles. The first-order chi connectivity index (χ1) is 24.8. The molecule has 1 aromatic heterocycles. The molecule has 1 heterocycles. The van der Waals surface area contributed by atoms with Crippen molar-refractivity contribution in [3.8, 4) is 0 Å². The molecule has 4 N–H and O–H groups in total. The van der Waals surface area contributed by atoms with E-state index in [-0.39, 0.29) is 28.5 Å². The number of nitrogens with zero attached hydrogens (tertiary/aromatic N) is 2. The van der Waals surface area contributed by atoms with Gasteiger partial charge in [0.25, 0.3) is 21.5 Å². The molecule has 0 saturated carbocycles. The van der Waals surface area contributed by atoms with Crippen LogP contribution in [0.2, 0.25) is 5.15 Å². The minimum Gasteiger partial charge on any atom is -0.333 e. The second-order valence-corrected chi connectivity index (χ2v) is 14.9. The summed E-state index contributed by atoms with van der Waals surface area (Å²) in [6.07, 6.45) is -4.58. The summed E-state index contributed by atoms with van der Waals surface area (Å²) in [5, 5.41) is 9.19. The predicted molar refractivity (Wildman–Crippen MR) is 193 cm³/mol. The Morgan fingerprint density at radius 1 is 0.868 bits per heavy atom. The largest absolute Gasteiger partial charge is 0.416 e. The Bertz CT molecular complexity index is 2390. The molecule has 0 fully saturated rings. The van der Waals surface area contributed by atoms with Gasteiger partial charge in [0.1, 0.15) is 6.54 Å². The molecular weight excluding hydrogens is 737 g/mol. The first kappa shape index (κ1) is 38.5. The molecule has 17 heteroatoms. The minimum atomic E-state index is -4.65. The molecule has 0 saturated heterocycles. The highest BCUT2D eigenvalue weighted by atomic mass is 35.5. The molecule has 0 unspecified atom stereocenters. The fourth-order valence-corrected chi connectivity index (χ4v) is 6.50. The van der Waals surface area contributed by atoms with Crippen LogP contribution in [-0.2, 0) is 34.0 Å². The van der Waals surface area contributed by atoms with E-state index in [0.29, 0.717) is 12.1 Å². The average Bonchev–Trinajstić information content (AvgIpc) is 3.07. The summed E-state index contributed by atoms with van der Waals surface area (Å²) >= 11 is 6.63. The number of hydrogen-bond acceptors (Lipinski definition) is 7. The van der Waals surface area contributed by atoms with E-state index in [0.717, 1.165) is 45.2 Å². The number of anilines is 2. The lowest BCUT2D eigenvalue weighted by Crippen LogP contribution is -2.44. The van der Waals surface area contributed by atoms with E-state index in [9.17, 15) is 40.8 Å². The second kappa shape index (κ2) is 15.1. The normalized spacial score (nSPS) is 11.9. The van der Waals surface area contributed by atoms with Gasteiger partial charge in [-0.1, -0.05) is 60.1 Å². The number of carbonyl (C=O) groups excluding carboxylic acids is 3. The zero-order valence-corrected chi connectivity index (χ0v) is 29.9. The SMILES string of the molecule is CC(C)(C)NC(=O)Nc1nc(Cl)c(Cc2cccc3ccccc23)n(CC(=O)Nc2cccc(S(=O)(=O)NC(=O)c3ccc(C(F)(F)F)cc3)c2)c1=O. The molecule has 0 bridgehead atoms. The first-order valence-electron chi connectivity index (χ1n) is 15.8. The number of hydrogen-bond donors (Lipinski definition) is 4. The highest BCUT2D eigenvalue weighted by Crippen LogP contribution is 2.29. The molecule has 0 radical (unpaired) electrons. The number of sulfonamides is 1. The van der Waals surface area contributed by atoms with Crippen LogP contribution in [0.1, 0.15) is 48.0 Å². The molecule has 0 aliphatic rings. The summed E-state index contributed by atoms with van der Waals surface area (Å²) < 4.78 is 67.7. The van der Waals surface area contributed by atoms with Crippen molar-refractivity contribution >= 4 is 61.7 Å². The number of halogens is 4. The maximum atomic E-state index is 13.8. The van der Waals surface area contributed by atoms with Crippen LogP contribution in [-0.4, -0.2) is 41.4 Å². The second-order valence-electron chi connectivity index (χ2n) is 12.8. The molecule has 5 aromatic rings. The van der Waals surface area contributed by atoms with E-state index < -0.39 is 68.0 Å². The molecule has 0 atom stereocenters. The number of urea groups is 1. The van der Waals surface area contributed by atoms with Gasteiger partial charge in [-0.2, -0.15) is 13.2 Å². The average molecular weight is 769 g/mol. The van der Waals surface area contributed by atoms with Gasteiger partial charge in [-0.3, -0.25) is 24.3 Å². The number of alkyl halides is 3. The zero-order chi connectivity index (χ0) is 38.7. The third-order valence-electron chi connectivity index (χ3n) is 7.61. The van der Waals surface area contributed by atoms with Crippen molar-refractivity contribution in [2.24, 2.45) is 0 Å². The van der Waals surface area contributed by atoms with Crippen LogP contribution in [0.3, 0.4) is 0 Å². The van der Waals surface area contributed by atoms with E-state index in [1.54, 1.807) is 25.5 Å². The number of rotatable bonds is 9. The molecule has 276 valence electrons. The highest BCUT2D eigenvalue weighted by Gasteiger charge is 2.30. The van der Waals surface area contributed by atoms with Gasteiger partial charge in [0.15, 0.2) is 5.15 Å². The molecule has 53 heavy (non-hydrogen) atoms. The van der Waals surface area contributed by atoms with Gasteiger partial charge in [-0.15, -0.1) is 0 Å². The van der Waals surface area contributed by atoms with Crippen molar-refractivity contribution in [3.63, 3.8) is 0 Å². The Hall–Kier alpha value is -5.74. The van der Waals surface area contributed by atoms with Crippen LogP contribution in [0.4, 0.5) is 29.5 Å². The molecule has 0 aliphatic heterocycles. The lowest BCUT2D eigenvalue weighted by molar-refractivity contribution is -0.137. The predicted octanol–water partition coefficient (Wildman–Crippen LogP) is 6.34. The number of carbonyl (C=O) groups is 3. The number of benzene rings is 4. The third-order valence-corrected chi connectivity index (χ3v) is 9.24. The van der Waals surface area contributed by atoms with E-state index in [1.165, 1.54) is 12.1 Å². The Morgan fingerprint density at radius 2 is 1.53 bits per heavy atom. The van der Waals surface area contributed by atoms with Gasteiger partial charge in [0, 0.05) is 23.2 Å². The number of aromatic nitrogens is 2. The van der Waals surface area contributed by atoms with Gasteiger partial charge in [0.2, 0.25) is 11.7 Å². The summed E-state index contributed by atoms with van der Waals surface area (Å²) in [5.74, 6) is -2.41. The Kier molecular flexibility index (Phi) is 11.0. The summed E-state index contributed by atoms with van der Waals surface area (Å²) in [6, 6.07) is 20.1. The molecular formula is C36H32ClF3N6O6S. The van der Waals surface area contributed by atoms with E-state index in [1.807, 2.05) is 42.5 Å². The standard InChI is InChI=1S/C36H32ClF3N6O6S/c1-35(2,3)44-34(50)43-31-33(49)46(28(30(37)42-31)18-23-10-6-9-21-8-4-5-13-27(21)23)20-29(47)41-25-11-7-12-26(19-25)53(51,52)45-32(48)22-14-16-24(17-15-22)36(38,39)40/h4-17,19H,18,20H2,1-3H3,(H,41,47)(H,45,48)(H2,42,43,44,50). The number of nitrogens with one attached hydrogen (secondary N) is 4. The van der Waals surface area contributed by atoms with Crippen molar-refractivity contribution in [1.29, 1.82) is 0 Å². The monoisotopic (exact) mass is 768 g/mol. The van der Waals surface area contributed by atoms with Gasteiger partial charge in [-0.05, 0) is 79.6 Å². The van der Waals surface area contributed by atoms with Gasteiger partial charge in [0.05, 0.1) is 16.2 Å². The lowest BCUT2D eigenvalue weighted by atomic mass is 10.0. The van der Waals surface area contributed by atoms with E-state index >= 15 is 0 Å². The van der Waals surface area contributed by atoms with Crippen molar-refractivity contribution < 1.29 is 36.0 Å². The fraction of sp³-hybridized carbons (Fsp3) is 0.194. The maximum absolute atomic E-state index is 13.8. The number of fused-ring (bicyclic) bond motifs is 1. The van der Waals surface area contributed by atoms with Crippen LogP contribution < -0.4 is 26.2 Å². The highest BCUT2D eigenvalue weighted by molar-refractivity contribution is 7.90. The van der Waals surface area contributed by atoms with Crippen molar-refractivity contribution in [2.45, 2.75) is 50.3 Å². The Morgan fingerprint density at radius 3 is 2.21 bits per heavy atom. The molecule has 0 spiro atoms. The van der Waals surface area contributed by atoms with Crippen LogP contribution in [0.25, 0.3) is 10.8 Å². The Labute approximate surface area is 306 Å². The summed E-state index contributed by atoms with van der Waals surface area (Å²) in [5.41, 5.74) is -1.96. The summed E-state index contributed by atoms with van der Waals surface area (Å²) in [7, 11) is -4.57. The van der Waals surface area contributed by atoms with Crippen LogP contribution >= 0.6 is 11.6 Å². The van der Waals surface area contributed by atoms with Crippen molar-refractivity contribution in [2.75, 3.05) is 10.6 Å². The maximum Gasteiger partial charge on any atom is 0.416 e. The molecule has 4 amide bonds. The van der Waals surface area contributed by atoms with Gasteiger partial charge in [-0.25, -0.2) is 22.9 Å². The minimum absolute atomic E-state index is 0.0356. The third kappa shape index (κ3) is 9.58. The fourth-order valence-electron chi connectivity index (χ4n) is 5.23. The smallest absolute Gasteiger partial charge is 0.333 e. The summed E-state index contributed by atoms with van der Waals surface area (Å²) in [6.45, 7) is 4.56. The van der Waals surface area contributed by atoms with Crippen LogP contribution in [0.15, 0.2) is 101 Å². The topological polar surface area (TPSA) is 168 Å². The number of amides is 4. The Balaban J connectivity index is 1.41. The molecule has 4 aromatic carbocycles. The molecule has 5 rings (SSSR count). The summed E-state index contributed by atoms with van der Waals surface area (Å²) in [4.78, 5) is 56.2. The van der Waals surface area contributed by atoms with Crippen LogP contribution in [0, 0.1) is 0 Å².